The second-order valence-corrected chi connectivity index (χ2v) is 5.06. The van der Waals surface area contributed by atoms with Crippen LogP contribution in [-0.4, -0.2) is 18.3 Å². The number of hydrogen-bond acceptors (Lipinski definition) is 4. The SMILES string of the molecule is COCCn1c(C)cc(-c2cccs2)c(C#N)c1=O. The summed E-state index contributed by atoms with van der Waals surface area (Å²) >= 11 is 1.52. The van der Waals surface area contributed by atoms with Gasteiger partial charge in [0.15, 0.2) is 0 Å². The highest BCUT2D eigenvalue weighted by Gasteiger charge is 2.14. The van der Waals surface area contributed by atoms with Gasteiger partial charge in [-0.05, 0) is 24.4 Å². The summed E-state index contributed by atoms with van der Waals surface area (Å²) in [5.41, 5.74) is 1.50. The molecule has 0 N–H and O–H groups in total. The van der Waals surface area contributed by atoms with Crippen LogP contribution in [0, 0.1) is 18.3 Å². The van der Waals surface area contributed by atoms with Gasteiger partial charge in [0.25, 0.3) is 5.56 Å². The first-order valence-electron chi connectivity index (χ1n) is 5.86. The lowest BCUT2D eigenvalue weighted by Crippen LogP contribution is -2.27. The molecule has 0 unspecified atom stereocenters. The van der Waals surface area contributed by atoms with E-state index < -0.39 is 0 Å². The highest BCUT2D eigenvalue weighted by atomic mass is 32.1. The Morgan fingerprint density at radius 3 is 2.89 bits per heavy atom. The maximum atomic E-state index is 12.3. The van der Waals surface area contributed by atoms with Gasteiger partial charge in [-0.1, -0.05) is 6.07 Å². The Labute approximate surface area is 115 Å². The van der Waals surface area contributed by atoms with E-state index in [9.17, 15) is 10.1 Å². The molecule has 0 aliphatic heterocycles. The fraction of sp³-hybridized carbons (Fsp3) is 0.286. The van der Waals surface area contributed by atoms with Gasteiger partial charge in [-0.25, -0.2) is 0 Å². The number of rotatable bonds is 4. The highest BCUT2D eigenvalue weighted by Crippen LogP contribution is 2.26. The van der Waals surface area contributed by atoms with Gasteiger partial charge in [-0.2, -0.15) is 5.26 Å². The lowest BCUT2D eigenvalue weighted by atomic mass is 10.1. The van der Waals surface area contributed by atoms with Crippen LogP contribution in [0.4, 0.5) is 0 Å². The van der Waals surface area contributed by atoms with Crippen molar-refractivity contribution in [3.63, 3.8) is 0 Å². The van der Waals surface area contributed by atoms with Crippen LogP contribution in [-0.2, 0) is 11.3 Å². The fourth-order valence-corrected chi connectivity index (χ4v) is 2.71. The minimum absolute atomic E-state index is 0.198. The van der Waals surface area contributed by atoms with Gasteiger partial charge in [-0.3, -0.25) is 4.79 Å². The van der Waals surface area contributed by atoms with Gasteiger partial charge in [0.05, 0.1) is 6.61 Å². The van der Waals surface area contributed by atoms with E-state index in [0.29, 0.717) is 18.7 Å². The molecule has 0 aliphatic rings. The minimum atomic E-state index is -0.247. The normalized spacial score (nSPS) is 10.4. The standard InChI is InChI=1S/C14H14N2O2S/c1-10-8-11(13-4-3-7-19-13)12(9-15)14(17)16(10)5-6-18-2/h3-4,7-8H,5-6H2,1-2H3. The third-order valence-corrected chi connectivity index (χ3v) is 3.83. The van der Waals surface area contributed by atoms with Crippen molar-refractivity contribution in [1.29, 1.82) is 5.26 Å². The molecular weight excluding hydrogens is 260 g/mol. The third kappa shape index (κ3) is 2.60. The highest BCUT2D eigenvalue weighted by molar-refractivity contribution is 7.13. The molecule has 2 aromatic rings. The summed E-state index contributed by atoms with van der Waals surface area (Å²) in [5.74, 6) is 0. The van der Waals surface area contributed by atoms with Gasteiger partial charge >= 0.3 is 0 Å². The van der Waals surface area contributed by atoms with Crippen LogP contribution in [0.5, 0.6) is 0 Å². The topological polar surface area (TPSA) is 55.0 Å². The number of nitriles is 1. The lowest BCUT2D eigenvalue weighted by molar-refractivity contribution is 0.185. The zero-order valence-corrected chi connectivity index (χ0v) is 11.7. The van der Waals surface area contributed by atoms with Crippen molar-refractivity contribution in [3.05, 3.63) is 45.2 Å². The first kappa shape index (κ1) is 13.5. The van der Waals surface area contributed by atoms with Crippen LogP contribution < -0.4 is 5.56 Å². The number of thiophene rings is 1. The molecule has 2 aromatic heterocycles. The summed E-state index contributed by atoms with van der Waals surface area (Å²) in [6.07, 6.45) is 0. The zero-order chi connectivity index (χ0) is 13.8. The molecule has 0 bridgehead atoms. The van der Waals surface area contributed by atoms with Gasteiger partial charge in [0.2, 0.25) is 0 Å². The Bertz CT molecular complexity index is 666. The van der Waals surface area contributed by atoms with Crippen molar-refractivity contribution in [1.82, 2.24) is 4.57 Å². The number of ether oxygens (including phenoxy) is 1. The number of pyridine rings is 1. The van der Waals surface area contributed by atoms with E-state index in [4.69, 9.17) is 4.74 Å². The Kier molecular flexibility index (Phi) is 4.15. The average Bonchev–Trinajstić information content (AvgIpc) is 2.91. The Morgan fingerprint density at radius 1 is 1.53 bits per heavy atom. The number of hydrogen-bond donors (Lipinski definition) is 0. The molecule has 98 valence electrons. The molecule has 4 nitrogen and oxygen atoms in total. The van der Waals surface area contributed by atoms with Crippen LogP contribution in [0.1, 0.15) is 11.3 Å². The smallest absolute Gasteiger partial charge is 0.269 e. The molecular formula is C14H14N2O2S. The molecule has 2 rings (SSSR count). The van der Waals surface area contributed by atoms with Crippen LogP contribution in [0.2, 0.25) is 0 Å². The van der Waals surface area contributed by atoms with Crippen molar-refractivity contribution in [3.8, 4) is 16.5 Å². The van der Waals surface area contributed by atoms with Crippen molar-refractivity contribution in [2.45, 2.75) is 13.5 Å². The van der Waals surface area contributed by atoms with E-state index >= 15 is 0 Å². The zero-order valence-electron chi connectivity index (χ0n) is 10.8. The lowest BCUT2D eigenvalue weighted by Gasteiger charge is -2.12. The second kappa shape index (κ2) is 5.83. The van der Waals surface area contributed by atoms with Gasteiger partial charge in [-0.15, -0.1) is 11.3 Å². The van der Waals surface area contributed by atoms with Crippen molar-refractivity contribution >= 4 is 11.3 Å². The summed E-state index contributed by atoms with van der Waals surface area (Å²) in [7, 11) is 1.59. The second-order valence-electron chi connectivity index (χ2n) is 4.11. The van der Waals surface area contributed by atoms with Crippen LogP contribution in [0.3, 0.4) is 0 Å². The number of aryl methyl sites for hydroxylation is 1. The summed E-state index contributed by atoms with van der Waals surface area (Å²) in [4.78, 5) is 13.3. The summed E-state index contributed by atoms with van der Waals surface area (Å²) in [6, 6.07) is 7.74. The third-order valence-electron chi connectivity index (χ3n) is 2.92. The molecule has 0 saturated carbocycles. The molecule has 19 heavy (non-hydrogen) atoms. The maximum Gasteiger partial charge on any atom is 0.269 e. The quantitative estimate of drug-likeness (QED) is 0.860. The fourth-order valence-electron chi connectivity index (χ4n) is 1.96. The van der Waals surface area contributed by atoms with E-state index in [1.807, 2.05) is 36.6 Å². The van der Waals surface area contributed by atoms with Crippen molar-refractivity contribution < 1.29 is 4.74 Å². The van der Waals surface area contributed by atoms with E-state index in [1.165, 1.54) is 11.3 Å². The monoisotopic (exact) mass is 274 g/mol. The molecule has 0 fully saturated rings. The van der Waals surface area contributed by atoms with E-state index in [0.717, 1.165) is 10.6 Å². The van der Waals surface area contributed by atoms with Crippen LogP contribution >= 0.6 is 11.3 Å². The molecule has 0 spiro atoms. The predicted molar refractivity (Wildman–Crippen MR) is 75.3 cm³/mol. The van der Waals surface area contributed by atoms with Gasteiger partial charge < -0.3 is 9.30 Å². The number of nitrogens with zero attached hydrogens (tertiary/aromatic N) is 2. The average molecular weight is 274 g/mol. The molecule has 0 aromatic carbocycles. The first-order chi connectivity index (χ1) is 9.19. The van der Waals surface area contributed by atoms with Crippen molar-refractivity contribution in [2.24, 2.45) is 0 Å². The molecule has 2 heterocycles. The van der Waals surface area contributed by atoms with E-state index in [2.05, 4.69) is 0 Å². The van der Waals surface area contributed by atoms with Crippen LogP contribution in [0.15, 0.2) is 28.4 Å². The largest absolute Gasteiger partial charge is 0.383 e. The summed E-state index contributed by atoms with van der Waals surface area (Å²) in [5, 5.41) is 11.2. The first-order valence-corrected chi connectivity index (χ1v) is 6.74. The summed E-state index contributed by atoms with van der Waals surface area (Å²) in [6.45, 7) is 2.78. The Balaban J connectivity index is 2.61. The van der Waals surface area contributed by atoms with Gasteiger partial charge in [0, 0.05) is 29.8 Å². The molecule has 0 aliphatic carbocycles. The molecule has 0 atom stereocenters. The maximum absolute atomic E-state index is 12.3. The summed E-state index contributed by atoms with van der Waals surface area (Å²) < 4.78 is 6.57. The Hall–Kier alpha value is -1.90. The van der Waals surface area contributed by atoms with E-state index in [-0.39, 0.29) is 11.1 Å². The molecule has 0 amide bonds. The van der Waals surface area contributed by atoms with Crippen molar-refractivity contribution in [2.75, 3.05) is 13.7 Å². The number of methoxy groups -OCH3 is 1. The van der Waals surface area contributed by atoms with Crippen LogP contribution in [0.25, 0.3) is 10.4 Å². The minimum Gasteiger partial charge on any atom is -0.383 e. The molecule has 5 heteroatoms. The predicted octanol–water partition coefficient (Wildman–Crippen LogP) is 2.40. The number of aromatic nitrogens is 1. The Morgan fingerprint density at radius 2 is 2.32 bits per heavy atom. The molecule has 0 radical (unpaired) electrons. The molecule has 0 saturated heterocycles. The van der Waals surface area contributed by atoms with E-state index in [1.54, 1.807) is 11.7 Å². The van der Waals surface area contributed by atoms with Gasteiger partial charge in [0.1, 0.15) is 11.6 Å².